The van der Waals surface area contributed by atoms with Crippen LogP contribution in [-0.4, -0.2) is 39.5 Å². The van der Waals surface area contributed by atoms with Gasteiger partial charge in [0.15, 0.2) is 6.10 Å². The van der Waals surface area contributed by atoms with Crippen LogP contribution in [0.1, 0.15) is 24.2 Å². The molecule has 0 saturated carbocycles. The number of halogens is 2. The molecule has 1 unspecified atom stereocenters. The Labute approximate surface area is 191 Å². The smallest absolute Gasteiger partial charge is 0.340 e. The molecule has 166 valence electrons. The van der Waals surface area contributed by atoms with Gasteiger partial charge in [-0.2, -0.15) is 0 Å². The minimum Gasteiger partial charge on any atom is -0.449 e. The van der Waals surface area contributed by atoms with Crippen LogP contribution in [0.5, 0.6) is 0 Å². The van der Waals surface area contributed by atoms with E-state index in [9.17, 15) is 18.0 Å². The largest absolute Gasteiger partial charge is 0.449 e. The predicted molar refractivity (Wildman–Crippen MR) is 121 cm³/mol. The first-order valence-electron chi connectivity index (χ1n) is 9.29. The third-order valence-electron chi connectivity index (χ3n) is 4.16. The summed E-state index contributed by atoms with van der Waals surface area (Å²) in [5.74, 6) is -1.39. The van der Waals surface area contributed by atoms with Crippen molar-refractivity contribution >= 4 is 50.8 Å². The zero-order chi connectivity index (χ0) is 23.2. The number of nitrogens with zero attached hydrogens (tertiary/aromatic N) is 1. The van der Waals surface area contributed by atoms with Crippen molar-refractivity contribution in [2.75, 3.05) is 17.4 Å². The van der Waals surface area contributed by atoms with Crippen LogP contribution in [0.3, 0.4) is 0 Å². The molecule has 2 rings (SSSR count). The molecule has 2 aromatic rings. The molecule has 7 nitrogen and oxygen atoms in total. The number of likely N-dealkylation sites (N-methyl/N-ethyl adjacent to an activating group) is 1. The molecule has 0 bridgehead atoms. The maximum absolute atomic E-state index is 13.3. The highest BCUT2D eigenvalue weighted by Gasteiger charge is 2.27. The zero-order valence-electron chi connectivity index (χ0n) is 17.0. The lowest BCUT2D eigenvalue weighted by Gasteiger charge is -2.23. The van der Waals surface area contributed by atoms with Crippen LogP contribution in [0.2, 0.25) is 10.0 Å². The van der Waals surface area contributed by atoms with E-state index in [1.807, 2.05) is 0 Å². The molecule has 0 aromatic heterocycles. The first-order chi connectivity index (χ1) is 14.6. The van der Waals surface area contributed by atoms with Crippen molar-refractivity contribution in [3.8, 4) is 0 Å². The number of sulfonamides is 1. The summed E-state index contributed by atoms with van der Waals surface area (Å²) < 4.78 is 32.8. The Morgan fingerprint density at radius 3 is 2.42 bits per heavy atom. The second-order valence-corrected chi connectivity index (χ2v) is 9.09. The van der Waals surface area contributed by atoms with Crippen molar-refractivity contribution in [1.29, 1.82) is 0 Å². The average molecular weight is 485 g/mol. The molecule has 0 saturated heterocycles. The summed E-state index contributed by atoms with van der Waals surface area (Å²) >= 11 is 12.0. The van der Waals surface area contributed by atoms with E-state index in [-0.39, 0.29) is 22.0 Å². The van der Waals surface area contributed by atoms with Gasteiger partial charge in [-0.1, -0.05) is 29.3 Å². The molecular weight excluding hydrogens is 463 g/mol. The van der Waals surface area contributed by atoms with Crippen LogP contribution in [0.4, 0.5) is 5.69 Å². The van der Waals surface area contributed by atoms with Gasteiger partial charge in [0.25, 0.3) is 15.9 Å². The molecule has 0 spiro atoms. The number of carbonyl (C=O) groups is 2. The summed E-state index contributed by atoms with van der Waals surface area (Å²) in [7, 11) is -4.08. The maximum atomic E-state index is 13.3. The topological polar surface area (TPSA) is 92.8 Å². The van der Waals surface area contributed by atoms with Gasteiger partial charge in [0, 0.05) is 11.6 Å². The van der Waals surface area contributed by atoms with Crippen LogP contribution in [-0.2, 0) is 19.6 Å². The monoisotopic (exact) mass is 484 g/mol. The zero-order valence-corrected chi connectivity index (χ0v) is 19.3. The van der Waals surface area contributed by atoms with Crippen molar-refractivity contribution in [3.63, 3.8) is 0 Å². The van der Waals surface area contributed by atoms with Gasteiger partial charge in [-0.15, -0.1) is 6.58 Å². The molecule has 1 N–H and O–H groups in total. The first kappa shape index (κ1) is 24.7. The average Bonchev–Trinajstić information content (AvgIpc) is 2.73. The number of esters is 1. The van der Waals surface area contributed by atoms with Crippen LogP contribution < -0.4 is 9.62 Å². The normalized spacial score (nSPS) is 12.0. The highest BCUT2D eigenvalue weighted by Crippen LogP contribution is 2.28. The Bertz CT molecular complexity index is 1070. The number of hydrogen-bond acceptors (Lipinski definition) is 5. The van der Waals surface area contributed by atoms with E-state index in [1.54, 1.807) is 31.2 Å². The quantitative estimate of drug-likeness (QED) is 0.427. The summed E-state index contributed by atoms with van der Waals surface area (Å²) in [6, 6.07) is 9.94. The number of carbonyl (C=O) groups excluding carboxylic acids is 2. The van der Waals surface area contributed by atoms with Crippen molar-refractivity contribution in [2.45, 2.75) is 24.8 Å². The number of benzene rings is 2. The molecule has 1 amide bonds. The lowest BCUT2D eigenvalue weighted by molar-refractivity contribution is -0.128. The molecule has 0 aliphatic heterocycles. The third-order valence-corrected chi connectivity index (χ3v) is 6.53. The Morgan fingerprint density at radius 2 is 1.84 bits per heavy atom. The molecule has 0 radical (unpaired) electrons. The van der Waals surface area contributed by atoms with Crippen LogP contribution in [0.25, 0.3) is 0 Å². The lowest BCUT2D eigenvalue weighted by atomic mass is 10.2. The fourth-order valence-corrected chi connectivity index (χ4v) is 4.39. The van der Waals surface area contributed by atoms with E-state index < -0.39 is 28.0 Å². The van der Waals surface area contributed by atoms with E-state index in [2.05, 4.69) is 11.9 Å². The number of hydrogen-bond donors (Lipinski definition) is 1. The molecule has 10 heteroatoms. The summed E-state index contributed by atoms with van der Waals surface area (Å²) in [4.78, 5) is 24.2. The second-order valence-electron chi connectivity index (χ2n) is 6.39. The standard InChI is InChI=1S/C21H22Cl2N2O5S/c1-4-12-25(16-8-6-15(22)7-9-16)31(28,29)17-10-11-19(23)18(13-17)21(27)30-14(3)20(26)24-5-2/h4,6-11,13-14H,1,5,12H2,2-3H3,(H,24,26). The van der Waals surface area contributed by atoms with Crippen molar-refractivity contribution in [2.24, 2.45) is 0 Å². The van der Waals surface area contributed by atoms with E-state index in [1.165, 1.54) is 25.1 Å². The molecule has 0 fully saturated rings. The maximum Gasteiger partial charge on any atom is 0.340 e. The highest BCUT2D eigenvalue weighted by molar-refractivity contribution is 7.92. The van der Waals surface area contributed by atoms with Gasteiger partial charge in [0.05, 0.1) is 27.7 Å². The second kappa shape index (κ2) is 10.7. The summed E-state index contributed by atoms with van der Waals surface area (Å²) in [5, 5.41) is 2.98. The van der Waals surface area contributed by atoms with E-state index in [0.717, 1.165) is 10.4 Å². The van der Waals surface area contributed by atoms with Gasteiger partial charge in [-0.3, -0.25) is 9.10 Å². The molecular formula is C21H22Cl2N2O5S. The number of amides is 1. The SMILES string of the molecule is C=CCN(c1ccc(Cl)cc1)S(=O)(=O)c1ccc(Cl)c(C(=O)OC(C)C(=O)NCC)c1. The molecule has 0 aliphatic carbocycles. The van der Waals surface area contributed by atoms with Crippen LogP contribution >= 0.6 is 23.2 Å². The van der Waals surface area contributed by atoms with Gasteiger partial charge >= 0.3 is 5.97 Å². The highest BCUT2D eigenvalue weighted by atomic mass is 35.5. The van der Waals surface area contributed by atoms with Gasteiger partial charge in [-0.25, -0.2) is 13.2 Å². The summed E-state index contributed by atoms with van der Waals surface area (Å²) in [6.45, 7) is 7.11. The Morgan fingerprint density at radius 1 is 1.19 bits per heavy atom. The Balaban J connectivity index is 2.41. The molecule has 31 heavy (non-hydrogen) atoms. The predicted octanol–water partition coefficient (Wildman–Crippen LogP) is 4.06. The van der Waals surface area contributed by atoms with Crippen molar-refractivity contribution < 1.29 is 22.7 Å². The van der Waals surface area contributed by atoms with Crippen LogP contribution in [0, 0.1) is 0 Å². The number of nitrogens with one attached hydrogen (secondary N) is 1. The number of rotatable bonds is 9. The minimum absolute atomic E-state index is 0.00573. The van der Waals surface area contributed by atoms with Gasteiger partial charge in [0.1, 0.15) is 0 Å². The van der Waals surface area contributed by atoms with Crippen molar-refractivity contribution in [1.82, 2.24) is 5.32 Å². The number of anilines is 1. The van der Waals surface area contributed by atoms with Gasteiger partial charge < -0.3 is 10.1 Å². The summed E-state index contributed by atoms with van der Waals surface area (Å²) in [5.41, 5.74) is 0.196. The van der Waals surface area contributed by atoms with Gasteiger partial charge in [-0.05, 0) is 56.3 Å². The van der Waals surface area contributed by atoms with Crippen LogP contribution in [0.15, 0.2) is 60.0 Å². The van der Waals surface area contributed by atoms with Crippen molar-refractivity contribution in [3.05, 3.63) is 70.7 Å². The number of ether oxygens (including phenoxy) is 1. The lowest BCUT2D eigenvalue weighted by Crippen LogP contribution is -2.35. The molecule has 1 atom stereocenters. The molecule has 0 heterocycles. The Hall–Kier alpha value is -2.55. The Kier molecular flexibility index (Phi) is 8.50. The minimum atomic E-state index is -4.08. The fraction of sp³-hybridized carbons (Fsp3) is 0.238. The van der Waals surface area contributed by atoms with E-state index in [0.29, 0.717) is 17.3 Å². The van der Waals surface area contributed by atoms with E-state index >= 15 is 0 Å². The van der Waals surface area contributed by atoms with Gasteiger partial charge in [0.2, 0.25) is 0 Å². The van der Waals surface area contributed by atoms with E-state index in [4.69, 9.17) is 27.9 Å². The fourth-order valence-electron chi connectivity index (χ4n) is 2.61. The molecule has 0 aliphatic rings. The third kappa shape index (κ3) is 6.00. The molecule has 2 aromatic carbocycles. The summed E-state index contributed by atoms with van der Waals surface area (Å²) in [6.07, 6.45) is 0.362. The first-order valence-corrected chi connectivity index (χ1v) is 11.5.